The Morgan fingerprint density at radius 3 is 2.63 bits per heavy atom. The van der Waals surface area contributed by atoms with E-state index in [1.807, 2.05) is 0 Å². The number of ether oxygens (including phenoxy) is 1. The number of nitrogens with one attached hydrogen (secondary N) is 1. The van der Waals surface area contributed by atoms with E-state index in [4.69, 9.17) is 4.74 Å². The number of rotatable bonds is 6. The summed E-state index contributed by atoms with van der Waals surface area (Å²) in [6, 6.07) is 4.45. The summed E-state index contributed by atoms with van der Waals surface area (Å²) in [7, 11) is 3.17. The van der Waals surface area contributed by atoms with E-state index in [1.54, 1.807) is 20.2 Å². The fraction of sp³-hybridized carbons (Fsp3) is 0.533. The minimum atomic E-state index is -0.304. The molecule has 1 amide bonds. The number of benzene rings is 1. The molecule has 0 radical (unpaired) electrons. The summed E-state index contributed by atoms with van der Waals surface area (Å²) in [4.78, 5) is 11.6. The summed E-state index contributed by atoms with van der Waals surface area (Å²) in [5.41, 5.74) is 0.764. The van der Waals surface area contributed by atoms with E-state index < -0.39 is 0 Å². The van der Waals surface area contributed by atoms with Gasteiger partial charge in [-0.2, -0.15) is 0 Å². The Bertz CT molecular complexity index is 432. The van der Waals surface area contributed by atoms with Gasteiger partial charge >= 0.3 is 0 Å². The second-order valence-corrected chi connectivity index (χ2v) is 5.09. The van der Waals surface area contributed by atoms with Gasteiger partial charge in [0.25, 0.3) is 0 Å². The lowest BCUT2D eigenvalue weighted by Gasteiger charge is -2.21. The first-order valence-corrected chi connectivity index (χ1v) is 6.52. The first-order valence-electron chi connectivity index (χ1n) is 6.52. The molecule has 1 unspecified atom stereocenters. The zero-order valence-corrected chi connectivity index (χ0v) is 12.0. The van der Waals surface area contributed by atoms with E-state index in [2.05, 4.69) is 19.2 Å². The fourth-order valence-corrected chi connectivity index (χ4v) is 2.24. The van der Waals surface area contributed by atoms with Crippen molar-refractivity contribution >= 4 is 5.91 Å². The smallest absolute Gasteiger partial charge is 0.220 e. The third-order valence-corrected chi connectivity index (χ3v) is 3.10. The van der Waals surface area contributed by atoms with E-state index >= 15 is 0 Å². The maximum absolute atomic E-state index is 13.4. The lowest BCUT2D eigenvalue weighted by molar-refractivity contribution is -0.121. The van der Waals surface area contributed by atoms with Crippen molar-refractivity contribution in [1.82, 2.24) is 5.32 Å². The van der Waals surface area contributed by atoms with E-state index in [9.17, 15) is 9.18 Å². The van der Waals surface area contributed by atoms with Gasteiger partial charge in [-0.1, -0.05) is 13.8 Å². The molecule has 0 saturated heterocycles. The molecular formula is C15H22FNO2. The van der Waals surface area contributed by atoms with Gasteiger partial charge in [0.1, 0.15) is 11.6 Å². The molecule has 0 spiro atoms. The highest BCUT2D eigenvalue weighted by Crippen LogP contribution is 2.34. The van der Waals surface area contributed by atoms with Crippen LogP contribution in [0.4, 0.5) is 4.39 Å². The molecule has 0 saturated carbocycles. The standard InChI is InChI=1S/C15H22FNO2/c1-10(2)7-11(8-15(18)17-3)13-9-12(16)5-6-14(13)19-4/h5-6,9-11H,7-8H2,1-4H3,(H,17,18). The molecule has 0 bridgehead atoms. The molecule has 0 fully saturated rings. The van der Waals surface area contributed by atoms with Crippen molar-refractivity contribution in [2.75, 3.05) is 14.2 Å². The topological polar surface area (TPSA) is 38.3 Å². The largest absolute Gasteiger partial charge is 0.496 e. The highest BCUT2D eigenvalue weighted by atomic mass is 19.1. The molecule has 1 atom stereocenters. The van der Waals surface area contributed by atoms with E-state index in [0.29, 0.717) is 18.1 Å². The maximum Gasteiger partial charge on any atom is 0.220 e. The SMILES string of the molecule is CNC(=O)CC(CC(C)C)c1cc(F)ccc1OC. The summed E-state index contributed by atoms with van der Waals surface area (Å²) in [6.45, 7) is 4.17. The third-order valence-electron chi connectivity index (χ3n) is 3.10. The number of hydrogen-bond acceptors (Lipinski definition) is 2. The molecular weight excluding hydrogens is 245 g/mol. The molecule has 3 nitrogen and oxygen atoms in total. The van der Waals surface area contributed by atoms with Crippen LogP contribution in [0.2, 0.25) is 0 Å². The van der Waals surface area contributed by atoms with Crippen LogP contribution in [0.25, 0.3) is 0 Å². The van der Waals surface area contributed by atoms with Crippen LogP contribution in [0.5, 0.6) is 5.75 Å². The van der Waals surface area contributed by atoms with Gasteiger partial charge in [-0.15, -0.1) is 0 Å². The van der Waals surface area contributed by atoms with Crippen LogP contribution < -0.4 is 10.1 Å². The van der Waals surface area contributed by atoms with Gasteiger partial charge in [-0.05, 0) is 36.5 Å². The minimum absolute atomic E-state index is 0.0365. The molecule has 0 aromatic heterocycles. The van der Waals surface area contributed by atoms with Crippen molar-refractivity contribution in [2.24, 2.45) is 5.92 Å². The highest BCUT2D eigenvalue weighted by molar-refractivity contribution is 5.76. The number of carbonyl (C=O) groups excluding carboxylic acids is 1. The van der Waals surface area contributed by atoms with Gasteiger partial charge in [-0.3, -0.25) is 4.79 Å². The minimum Gasteiger partial charge on any atom is -0.496 e. The van der Waals surface area contributed by atoms with Crippen molar-refractivity contribution in [3.63, 3.8) is 0 Å². The van der Waals surface area contributed by atoms with Crippen LogP contribution in [-0.2, 0) is 4.79 Å². The Hall–Kier alpha value is -1.58. The zero-order chi connectivity index (χ0) is 14.4. The monoisotopic (exact) mass is 267 g/mol. The average Bonchev–Trinajstić information content (AvgIpc) is 2.37. The Morgan fingerprint density at radius 2 is 2.11 bits per heavy atom. The highest BCUT2D eigenvalue weighted by Gasteiger charge is 2.21. The summed E-state index contributed by atoms with van der Waals surface area (Å²) in [6.07, 6.45) is 1.15. The van der Waals surface area contributed by atoms with Gasteiger partial charge in [0.15, 0.2) is 0 Å². The molecule has 106 valence electrons. The predicted molar refractivity (Wildman–Crippen MR) is 73.8 cm³/mol. The van der Waals surface area contributed by atoms with Gasteiger partial charge in [-0.25, -0.2) is 4.39 Å². The van der Waals surface area contributed by atoms with Crippen molar-refractivity contribution in [2.45, 2.75) is 32.6 Å². The predicted octanol–water partition coefficient (Wildman–Crippen LogP) is 3.10. The van der Waals surface area contributed by atoms with Crippen LogP contribution in [-0.4, -0.2) is 20.1 Å². The van der Waals surface area contributed by atoms with Crippen molar-refractivity contribution in [1.29, 1.82) is 0 Å². The maximum atomic E-state index is 13.4. The molecule has 1 rings (SSSR count). The molecule has 1 aromatic carbocycles. The quantitative estimate of drug-likeness (QED) is 0.860. The van der Waals surface area contributed by atoms with Gasteiger partial charge in [0.2, 0.25) is 5.91 Å². The van der Waals surface area contributed by atoms with Crippen LogP contribution >= 0.6 is 0 Å². The number of hydrogen-bond donors (Lipinski definition) is 1. The van der Waals surface area contributed by atoms with Gasteiger partial charge in [0.05, 0.1) is 7.11 Å². The Morgan fingerprint density at radius 1 is 1.42 bits per heavy atom. The number of carbonyl (C=O) groups is 1. The normalized spacial score (nSPS) is 12.3. The first-order chi connectivity index (χ1) is 8.97. The zero-order valence-electron chi connectivity index (χ0n) is 12.0. The van der Waals surface area contributed by atoms with Crippen LogP contribution in [0, 0.1) is 11.7 Å². The van der Waals surface area contributed by atoms with Crippen molar-refractivity contribution in [3.05, 3.63) is 29.6 Å². The summed E-state index contributed by atoms with van der Waals surface area (Å²) in [5.74, 6) is 0.669. The molecule has 4 heteroatoms. The van der Waals surface area contributed by atoms with Crippen molar-refractivity contribution < 1.29 is 13.9 Å². The van der Waals surface area contributed by atoms with E-state index in [-0.39, 0.29) is 17.6 Å². The van der Waals surface area contributed by atoms with E-state index in [0.717, 1.165) is 12.0 Å². The van der Waals surface area contributed by atoms with Gasteiger partial charge in [0, 0.05) is 19.0 Å². The van der Waals surface area contributed by atoms with Gasteiger partial charge < -0.3 is 10.1 Å². The molecule has 0 aliphatic carbocycles. The second kappa shape index (κ2) is 7.12. The Kier molecular flexibility index (Phi) is 5.80. The second-order valence-electron chi connectivity index (χ2n) is 5.09. The van der Waals surface area contributed by atoms with Crippen molar-refractivity contribution in [3.8, 4) is 5.75 Å². The van der Waals surface area contributed by atoms with Crippen LogP contribution in [0.1, 0.15) is 38.2 Å². The summed E-state index contributed by atoms with van der Waals surface area (Å²) in [5, 5.41) is 2.62. The summed E-state index contributed by atoms with van der Waals surface area (Å²) < 4.78 is 18.7. The average molecular weight is 267 g/mol. The molecule has 0 aliphatic rings. The lowest BCUT2D eigenvalue weighted by atomic mass is 9.87. The first kappa shape index (κ1) is 15.5. The Labute approximate surface area is 114 Å². The molecule has 1 N–H and O–H groups in total. The lowest BCUT2D eigenvalue weighted by Crippen LogP contribution is -2.21. The van der Waals surface area contributed by atoms with Crippen LogP contribution in [0.3, 0.4) is 0 Å². The Balaban J connectivity index is 3.07. The number of halogens is 1. The van der Waals surface area contributed by atoms with E-state index in [1.165, 1.54) is 12.1 Å². The molecule has 0 heterocycles. The molecule has 0 aliphatic heterocycles. The molecule has 19 heavy (non-hydrogen) atoms. The number of amides is 1. The molecule has 1 aromatic rings. The number of methoxy groups -OCH3 is 1. The summed E-state index contributed by atoms with van der Waals surface area (Å²) >= 11 is 0. The van der Waals surface area contributed by atoms with Crippen LogP contribution in [0.15, 0.2) is 18.2 Å². The fourth-order valence-electron chi connectivity index (χ4n) is 2.24. The third kappa shape index (κ3) is 4.54.